The van der Waals surface area contributed by atoms with E-state index in [9.17, 15) is 15.2 Å². The van der Waals surface area contributed by atoms with E-state index in [1.165, 1.54) is 0 Å². The van der Waals surface area contributed by atoms with Crippen LogP contribution in [0.1, 0.15) is 45.4 Å². The number of anilines is 1. The summed E-state index contributed by atoms with van der Waals surface area (Å²) < 4.78 is 0. The third-order valence-electron chi connectivity index (χ3n) is 4.66. The maximum absolute atomic E-state index is 12.5. The van der Waals surface area contributed by atoms with Crippen LogP contribution in [-0.2, 0) is 4.79 Å². The summed E-state index contributed by atoms with van der Waals surface area (Å²) in [5.41, 5.74) is 0.177. The molecule has 0 aliphatic heterocycles. The van der Waals surface area contributed by atoms with Crippen molar-refractivity contribution >= 4 is 11.6 Å². The Hall–Kier alpha value is -2.06. The molecular formula is C19H27N3O2. The number of carbonyl (C=O) groups excluding carboxylic acids is 1. The van der Waals surface area contributed by atoms with Crippen LogP contribution in [0.5, 0.6) is 0 Å². The number of rotatable bonds is 7. The molecule has 5 nitrogen and oxygen atoms in total. The highest BCUT2D eigenvalue weighted by atomic mass is 16.3. The summed E-state index contributed by atoms with van der Waals surface area (Å²) in [7, 11) is 0. The van der Waals surface area contributed by atoms with Gasteiger partial charge in [-0.3, -0.25) is 4.79 Å². The number of hydrogen-bond donors (Lipinski definition) is 2. The first-order valence-corrected chi connectivity index (χ1v) is 8.79. The number of para-hydroxylation sites is 1. The summed E-state index contributed by atoms with van der Waals surface area (Å²) in [6.45, 7) is 2.46. The zero-order valence-electron chi connectivity index (χ0n) is 14.4. The van der Waals surface area contributed by atoms with Crippen molar-refractivity contribution in [3.8, 4) is 6.07 Å². The molecule has 0 radical (unpaired) electrons. The van der Waals surface area contributed by atoms with Crippen LogP contribution in [0.2, 0.25) is 0 Å². The maximum atomic E-state index is 12.5. The summed E-state index contributed by atoms with van der Waals surface area (Å²) in [4.78, 5) is 14.4. The molecule has 0 bridgehead atoms. The molecule has 1 aromatic rings. The largest absolute Gasteiger partial charge is 0.391 e. The topological polar surface area (TPSA) is 76.4 Å². The van der Waals surface area contributed by atoms with E-state index in [1.807, 2.05) is 42.2 Å². The zero-order chi connectivity index (χ0) is 17.4. The number of carbonyl (C=O) groups is 1. The standard InChI is InChI=1S/C19H27N3O2/c1-2-17(23)13-22(16-9-5-3-6-10-16)14-18(24)21-19(15-20)11-7-4-8-12-19/h3,5-6,9-10,17,23H,2,4,7-8,11-14H2,1H3,(H,21,24). The molecule has 1 unspecified atom stereocenters. The van der Waals surface area contributed by atoms with E-state index >= 15 is 0 Å². The third kappa shape index (κ3) is 4.97. The normalized spacial score (nSPS) is 17.5. The minimum atomic E-state index is -0.721. The lowest BCUT2D eigenvalue weighted by atomic mass is 9.83. The van der Waals surface area contributed by atoms with Crippen molar-refractivity contribution < 1.29 is 9.90 Å². The molecule has 2 N–H and O–H groups in total. The number of nitrogens with one attached hydrogen (secondary N) is 1. The van der Waals surface area contributed by atoms with Gasteiger partial charge in [-0.05, 0) is 31.4 Å². The van der Waals surface area contributed by atoms with Gasteiger partial charge in [-0.2, -0.15) is 5.26 Å². The van der Waals surface area contributed by atoms with Crippen molar-refractivity contribution in [3.63, 3.8) is 0 Å². The first kappa shape index (κ1) is 18.3. The van der Waals surface area contributed by atoms with Crippen LogP contribution in [0.3, 0.4) is 0 Å². The molecule has 130 valence electrons. The van der Waals surface area contributed by atoms with Gasteiger partial charge in [-0.15, -0.1) is 0 Å². The molecular weight excluding hydrogens is 302 g/mol. The third-order valence-corrected chi connectivity index (χ3v) is 4.66. The van der Waals surface area contributed by atoms with Crippen LogP contribution in [-0.4, -0.2) is 35.7 Å². The molecule has 1 saturated carbocycles. The zero-order valence-corrected chi connectivity index (χ0v) is 14.4. The second-order valence-corrected chi connectivity index (χ2v) is 6.58. The Morgan fingerprint density at radius 3 is 2.58 bits per heavy atom. The first-order chi connectivity index (χ1) is 11.6. The van der Waals surface area contributed by atoms with Gasteiger partial charge in [0.25, 0.3) is 0 Å². The van der Waals surface area contributed by atoms with Crippen molar-refractivity contribution in [2.45, 2.75) is 57.1 Å². The summed E-state index contributed by atoms with van der Waals surface area (Å²) in [5, 5.41) is 22.5. The SMILES string of the molecule is CCC(O)CN(CC(=O)NC1(C#N)CCCCC1)c1ccccc1. The Bertz CT molecular complexity index is 562. The molecule has 0 aromatic heterocycles. The van der Waals surface area contributed by atoms with Crippen molar-refractivity contribution in [2.24, 2.45) is 0 Å². The minimum absolute atomic E-state index is 0.143. The Labute approximate surface area is 144 Å². The Balaban J connectivity index is 2.05. The fraction of sp³-hybridized carbons (Fsp3) is 0.579. The van der Waals surface area contributed by atoms with Crippen LogP contribution < -0.4 is 10.2 Å². The molecule has 24 heavy (non-hydrogen) atoms. The van der Waals surface area contributed by atoms with Gasteiger partial charge < -0.3 is 15.3 Å². The van der Waals surface area contributed by atoms with Crippen LogP contribution in [0.15, 0.2) is 30.3 Å². The minimum Gasteiger partial charge on any atom is -0.391 e. The fourth-order valence-corrected chi connectivity index (χ4v) is 3.18. The van der Waals surface area contributed by atoms with Gasteiger partial charge >= 0.3 is 0 Å². The number of aliphatic hydroxyl groups excluding tert-OH is 1. The molecule has 1 amide bonds. The number of nitriles is 1. The predicted octanol–water partition coefficient (Wildman–Crippen LogP) is 2.61. The summed E-state index contributed by atoms with van der Waals surface area (Å²) >= 11 is 0. The molecule has 0 spiro atoms. The quantitative estimate of drug-likeness (QED) is 0.806. The molecule has 1 atom stereocenters. The number of aliphatic hydroxyl groups is 1. The van der Waals surface area contributed by atoms with Crippen LogP contribution >= 0.6 is 0 Å². The van der Waals surface area contributed by atoms with E-state index in [-0.39, 0.29) is 12.5 Å². The van der Waals surface area contributed by atoms with Crippen LogP contribution in [0.25, 0.3) is 0 Å². The molecule has 2 rings (SSSR count). The Kier molecular flexibility index (Phi) is 6.62. The number of nitrogens with zero attached hydrogens (tertiary/aromatic N) is 2. The Morgan fingerprint density at radius 2 is 2.00 bits per heavy atom. The maximum Gasteiger partial charge on any atom is 0.240 e. The Morgan fingerprint density at radius 1 is 1.33 bits per heavy atom. The van der Waals surface area contributed by atoms with E-state index in [0.717, 1.165) is 37.8 Å². The highest BCUT2D eigenvalue weighted by Crippen LogP contribution is 2.27. The summed E-state index contributed by atoms with van der Waals surface area (Å²) in [5.74, 6) is -0.161. The van der Waals surface area contributed by atoms with Gasteiger partial charge in [0.2, 0.25) is 5.91 Å². The van der Waals surface area contributed by atoms with Crippen molar-refractivity contribution in [2.75, 3.05) is 18.0 Å². The average molecular weight is 329 g/mol. The van der Waals surface area contributed by atoms with Gasteiger partial charge in [0.05, 0.1) is 18.7 Å². The van der Waals surface area contributed by atoms with Crippen LogP contribution in [0, 0.1) is 11.3 Å². The van der Waals surface area contributed by atoms with Gasteiger partial charge in [-0.1, -0.05) is 44.4 Å². The molecule has 1 aliphatic rings. The second kappa shape index (κ2) is 8.70. The lowest BCUT2D eigenvalue weighted by molar-refractivity contribution is -0.121. The molecule has 0 heterocycles. The summed E-state index contributed by atoms with van der Waals surface area (Å²) in [6.07, 6.45) is 4.66. The van der Waals surface area contributed by atoms with E-state index in [2.05, 4.69) is 11.4 Å². The van der Waals surface area contributed by atoms with Gasteiger partial charge in [0.15, 0.2) is 0 Å². The van der Waals surface area contributed by atoms with Gasteiger partial charge in [0, 0.05) is 12.2 Å². The molecule has 1 fully saturated rings. The molecule has 5 heteroatoms. The fourth-order valence-electron chi connectivity index (χ4n) is 3.18. The highest BCUT2D eigenvalue weighted by molar-refractivity contribution is 5.82. The molecule has 1 aliphatic carbocycles. The lowest BCUT2D eigenvalue weighted by Gasteiger charge is -2.33. The molecule has 0 saturated heterocycles. The molecule has 1 aromatic carbocycles. The monoisotopic (exact) mass is 329 g/mol. The predicted molar refractivity (Wildman–Crippen MR) is 94.5 cm³/mol. The summed E-state index contributed by atoms with van der Waals surface area (Å²) in [6, 6.07) is 11.9. The lowest BCUT2D eigenvalue weighted by Crippen LogP contribution is -2.52. The average Bonchev–Trinajstić information content (AvgIpc) is 2.62. The van der Waals surface area contributed by atoms with Gasteiger partial charge in [0.1, 0.15) is 5.54 Å². The van der Waals surface area contributed by atoms with Crippen molar-refractivity contribution in [1.82, 2.24) is 5.32 Å². The van der Waals surface area contributed by atoms with E-state index in [4.69, 9.17) is 0 Å². The van der Waals surface area contributed by atoms with E-state index < -0.39 is 11.6 Å². The van der Waals surface area contributed by atoms with Gasteiger partial charge in [-0.25, -0.2) is 0 Å². The second-order valence-electron chi connectivity index (χ2n) is 6.58. The van der Waals surface area contributed by atoms with Crippen molar-refractivity contribution in [3.05, 3.63) is 30.3 Å². The number of hydrogen-bond acceptors (Lipinski definition) is 4. The highest BCUT2D eigenvalue weighted by Gasteiger charge is 2.33. The number of benzene rings is 1. The smallest absolute Gasteiger partial charge is 0.240 e. The van der Waals surface area contributed by atoms with E-state index in [1.54, 1.807) is 0 Å². The first-order valence-electron chi connectivity index (χ1n) is 8.79. The van der Waals surface area contributed by atoms with Crippen LogP contribution in [0.4, 0.5) is 5.69 Å². The van der Waals surface area contributed by atoms with Crippen molar-refractivity contribution in [1.29, 1.82) is 5.26 Å². The number of amides is 1. The van der Waals surface area contributed by atoms with E-state index in [0.29, 0.717) is 13.0 Å².